The molecule has 0 radical (unpaired) electrons. The maximum Gasteiger partial charge on any atom is 0.174 e. The van der Waals surface area contributed by atoms with Crippen LogP contribution in [0.2, 0.25) is 0 Å². The highest BCUT2D eigenvalue weighted by molar-refractivity contribution is 9.10. The van der Waals surface area contributed by atoms with Crippen LogP contribution in [0.3, 0.4) is 0 Å². The minimum atomic E-state index is 0.488. The highest BCUT2D eigenvalue weighted by atomic mass is 79.9. The van der Waals surface area contributed by atoms with Crippen molar-refractivity contribution in [3.63, 3.8) is 0 Å². The minimum absolute atomic E-state index is 0.488. The minimum Gasteiger partial charge on any atom is -0.493 e. The van der Waals surface area contributed by atoms with Gasteiger partial charge in [0.25, 0.3) is 0 Å². The number of nitrogens with one attached hydrogen (secondary N) is 1. The molecule has 0 aromatic heterocycles. The standard InChI is InChI=1S/C16H24BrNO3/c1-19-15-10-12(9-14(17)16(15)20-2)11-18-7-8-21-13-5-3-4-6-13/h9-10,13,18H,3-8,11H2,1-2H3. The summed E-state index contributed by atoms with van der Waals surface area (Å²) < 4.78 is 17.4. The zero-order valence-corrected chi connectivity index (χ0v) is 14.4. The summed E-state index contributed by atoms with van der Waals surface area (Å²) in [5.41, 5.74) is 1.15. The maximum atomic E-state index is 5.83. The Balaban J connectivity index is 1.76. The molecule has 0 amide bonds. The van der Waals surface area contributed by atoms with Gasteiger partial charge in [0.2, 0.25) is 0 Å². The van der Waals surface area contributed by atoms with Crippen molar-refractivity contribution in [1.82, 2.24) is 5.32 Å². The lowest BCUT2D eigenvalue weighted by Gasteiger charge is -2.13. The number of methoxy groups -OCH3 is 2. The van der Waals surface area contributed by atoms with Crippen molar-refractivity contribution < 1.29 is 14.2 Å². The number of ether oxygens (including phenoxy) is 3. The van der Waals surface area contributed by atoms with E-state index in [-0.39, 0.29) is 0 Å². The molecule has 118 valence electrons. The molecule has 0 aliphatic heterocycles. The third kappa shape index (κ3) is 4.87. The Morgan fingerprint density at radius 2 is 1.95 bits per heavy atom. The fourth-order valence-electron chi connectivity index (χ4n) is 2.66. The number of benzene rings is 1. The van der Waals surface area contributed by atoms with Gasteiger partial charge in [0, 0.05) is 13.1 Å². The molecule has 0 spiro atoms. The Labute approximate surface area is 135 Å². The average Bonchev–Trinajstić information content (AvgIpc) is 2.99. The van der Waals surface area contributed by atoms with E-state index in [2.05, 4.69) is 21.2 Å². The summed E-state index contributed by atoms with van der Waals surface area (Å²) in [7, 11) is 3.29. The van der Waals surface area contributed by atoms with E-state index in [0.717, 1.165) is 41.2 Å². The Morgan fingerprint density at radius 3 is 2.62 bits per heavy atom. The molecule has 1 saturated carbocycles. The van der Waals surface area contributed by atoms with Gasteiger partial charge in [-0.25, -0.2) is 0 Å². The normalized spacial score (nSPS) is 15.4. The first-order chi connectivity index (χ1) is 10.2. The average molecular weight is 358 g/mol. The van der Waals surface area contributed by atoms with Crippen LogP contribution in [0.1, 0.15) is 31.2 Å². The molecule has 1 aliphatic rings. The molecule has 0 atom stereocenters. The first-order valence-corrected chi connectivity index (χ1v) is 8.26. The van der Waals surface area contributed by atoms with E-state index in [9.17, 15) is 0 Å². The van der Waals surface area contributed by atoms with Crippen molar-refractivity contribution in [3.8, 4) is 11.5 Å². The van der Waals surface area contributed by atoms with Crippen molar-refractivity contribution in [2.75, 3.05) is 27.4 Å². The summed E-state index contributed by atoms with van der Waals surface area (Å²) in [6, 6.07) is 4.04. The molecule has 1 N–H and O–H groups in total. The molecule has 0 bridgehead atoms. The lowest BCUT2D eigenvalue weighted by Crippen LogP contribution is -2.21. The molecular weight excluding hydrogens is 334 g/mol. The zero-order valence-electron chi connectivity index (χ0n) is 12.8. The second-order valence-corrected chi connectivity index (χ2v) is 6.12. The third-order valence-corrected chi connectivity index (χ3v) is 4.35. The van der Waals surface area contributed by atoms with Gasteiger partial charge in [-0.1, -0.05) is 12.8 Å². The predicted octanol–water partition coefficient (Wildman–Crippen LogP) is 3.52. The monoisotopic (exact) mass is 357 g/mol. The predicted molar refractivity (Wildman–Crippen MR) is 87.2 cm³/mol. The second-order valence-electron chi connectivity index (χ2n) is 5.27. The molecule has 1 aromatic carbocycles. The summed E-state index contributed by atoms with van der Waals surface area (Å²) in [4.78, 5) is 0. The lowest BCUT2D eigenvalue weighted by molar-refractivity contribution is 0.0602. The molecule has 2 rings (SSSR count). The molecular formula is C16H24BrNO3. The number of hydrogen-bond donors (Lipinski definition) is 1. The summed E-state index contributed by atoms with van der Waals surface area (Å²) >= 11 is 3.51. The largest absolute Gasteiger partial charge is 0.493 e. The Bertz CT molecular complexity index is 447. The van der Waals surface area contributed by atoms with Crippen molar-refractivity contribution in [2.24, 2.45) is 0 Å². The van der Waals surface area contributed by atoms with Crippen LogP contribution in [-0.2, 0) is 11.3 Å². The first kappa shape index (κ1) is 16.6. The van der Waals surface area contributed by atoms with Gasteiger partial charge in [-0.2, -0.15) is 0 Å². The van der Waals surface area contributed by atoms with Crippen LogP contribution >= 0.6 is 15.9 Å². The van der Waals surface area contributed by atoms with Gasteiger partial charge in [-0.05, 0) is 46.5 Å². The third-order valence-electron chi connectivity index (χ3n) is 3.76. The van der Waals surface area contributed by atoms with Gasteiger partial charge >= 0.3 is 0 Å². The SMILES string of the molecule is COc1cc(CNCCOC2CCCC2)cc(Br)c1OC. The van der Waals surface area contributed by atoms with Crippen LogP contribution in [0.5, 0.6) is 11.5 Å². The number of rotatable bonds is 8. The first-order valence-electron chi connectivity index (χ1n) is 7.47. The fraction of sp³-hybridized carbons (Fsp3) is 0.625. The van der Waals surface area contributed by atoms with Gasteiger partial charge in [0.15, 0.2) is 11.5 Å². The van der Waals surface area contributed by atoms with E-state index in [1.54, 1.807) is 14.2 Å². The van der Waals surface area contributed by atoms with E-state index in [0.29, 0.717) is 6.10 Å². The van der Waals surface area contributed by atoms with Gasteiger partial charge in [-0.3, -0.25) is 0 Å². The second kappa shape index (κ2) is 8.61. The van der Waals surface area contributed by atoms with Crippen LogP contribution in [-0.4, -0.2) is 33.5 Å². The quantitative estimate of drug-likeness (QED) is 0.722. The summed E-state index contributed by atoms with van der Waals surface area (Å²) in [5.74, 6) is 1.47. The van der Waals surface area contributed by atoms with Crippen molar-refractivity contribution >= 4 is 15.9 Å². The summed E-state index contributed by atoms with van der Waals surface area (Å²) in [6.45, 7) is 2.43. The number of halogens is 1. The molecule has 0 saturated heterocycles. The number of hydrogen-bond acceptors (Lipinski definition) is 4. The van der Waals surface area contributed by atoms with E-state index in [1.807, 2.05) is 12.1 Å². The topological polar surface area (TPSA) is 39.7 Å². The Kier molecular flexibility index (Phi) is 6.80. The van der Waals surface area contributed by atoms with Crippen LogP contribution in [0.15, 0.2) is 16.6 Å². The molecule has 1 fully saturated rings. The van der Waals surface area contributed by atoms with E-state index in [4.69, 9.17) is 14.2 Å². The van der Waals surface area contributed by atoms with Crippen LogP contribution in [0, 0.1) is 0 Å². The van der Waals surface area contributed by atoms with Gasteiger partial charge in [0.1, 0.15) is 0 Å². The van der Waals surface area contributed by atoms with E-state index < -0.39 is 0 Å². The smallest absolute Gasteiger partial charge is 0.174 e. The molecule has 1 aromatic rings. The summed E-state index contributed by atoms with van der Waals surface area (Å²) in [6.07, 6.45) is 5.57. The van der Waals surface area contributed by atoms with Crippen molar-refractivity contribution in [3.05, 3.63) is 22.2 Å². The Hall–Kier alpha value is -0.780. The lowest BCUT2D eigenvalue weighted by atomic mass is 10.2. The maximum absolute atomic E-state index is 5.83. The molecule has 0 unspecified atom stereocenters. The van der Waals surface area contributed by atoms with Crippen molar-refractivity contribution in [1.29, 1.82) is 0 Å². The van der Waals surface area contributed by atoms with Crippen LogP contribution in [0.4, 0.5) is 0 Å². The van der Waals surface area contributed by atoms with Gasteiger partial charge in [-0.15, -0.1) is 0 Å². The van der Waals surface area contributed by atoms with Crippen LogP contribution < -0.4 is 14.8 Å². The fourth-order valence-corrected chi connectivity index (χ4v) is 3.31. The van der Waals surface area contributed by atoms with Crippen LogP contribution in [0.25, 0.3) is 0 Å². The van der Waals surface area contributed by atoms with E-state index in [1.165, 1.54) is 25.7 Å². The zero-order chi connectivity index (χ0) is 15.1. The van der Waals surface area contributed by atoms with Gasteiger partial charge < -0.3 is 19.5 Å². The molecule has 0 heterocycles. The highest BCUT2D eigenvalue weighted by Crippen LogP contribution is 2.36. The summed E-state index contributed by atoms with van der Waals surface area (Å²) in [5, 5.41) is 3.40. The van der Waals surface area contributed by atoms with Crippen molar-refractivity contribution in [2.45, 2.75) is 38.3 Å². The van der Waals surface area contributed by atoms with E-state index >= 15 is 0 Å². The molecule has 1 aliphatic carbocycles. The Morgan fingerprint density at radius 1 is 1.19 bits per heavy atom. The molecule has 21 heavy (non-hydrogen) atoms. The highest BCUT2D eigenvalue weighted by Gasteiger charge is 2.14. The van der Waals surface area contributed by atoms with Gasteiger partial charge in [0.05, 0.1) is 31.4 Å². The molecule has 5 heteroatoms. The molecule has 4 nitrogen and oxygen atoms in total.